The fraction of sp³-hybridized carbons (Fsp3) is 0.308. The standard InChI is InChI=1S/C13H16N2O/c1-9-3-4-10-11(13(16)5-6-14)8-15(2)12(10)7-9/h3-4,7-8H,5-6,14H2,1-2H3. The van der Waals surface area contributed by atoms with Gasteiger partial charge in [-0.25, -0.2) is 0 Å². The van der Waals surface area contributed by atoms with Gasteiger partial charge in [-0.05, 0) is 25.1 Å². The van der Waals surface area contributed by atoms with Crippen LogP contribution < -0.4 is 5.73 Å². The number of Topliss-reactive ketones (excluding diaryl/α,β-unsaturated/α-hetero) is 1. The van der Waals surface area contributed by atoms with Gasteiger partial charge in [-0.2, -0.15) is 0 Å². The molecule has 0 fully saturated rings. The number of nitrogens with zero attached hydrogens (tertiary/aromatic N) is 1. The molecule has 0 bridgehead atoms. The zero-order chi connectivity index (χ0) is 11.7. The van der Waals surface area contributed by atoms with E-state index in [2.05, 4.69) is 6.07 Å². The maximum absolute atomic E-state index is 11.9. The fourth-order valence-corrected chi connectivity index (χ4v) is 1.98. The van der Waals surface area contributed by atoms with Crippen molar-refractivity contribution in [1.82, 2.24) is 4.57 Å². The molecule has 3 nitrogen and oxygen atoms in total. The van der Waals surface area contributed by atoms with E-state index in [0.29, 0.717) is 13.0 Å². The van der Waals surface area contributed by atoms with Gasteiger partial charge in [0.15, 0.2) is 5.78 Å². The second kappa shape index (κ2) is 4.10. The molecular weight excluding hydrogens is 200 g/mol. The first kappa shape index (κ1) is 10.9. The monoisotopic (exact) mass is 216 g/mol. The Hall–Kier alpha value is -1.61. The Morgan fingerprint density at radius 2 is 2.19 bits per heavy atom. The Morgan fingerprint density at radius 3 is 2.88 bits per heavy atom. The third-order valence-electron chi connectivity index (χ3n) is 2.82. The molecule has 0 saturated heterocycles. The van der Waals surface area contributed by atoms with Crippen LogP contribution in [0.4, 0.5) is 0 Å². The number of ketones is 1. The maximum atomic E-state index is 11.9. The number of hydrogen-bond donors (Lipinski definition) is 1. The van der Waals surface area contributed by atoms with Crippen LogP contribution in [-0.4, -0.2) is 16.9 Å². The van der Waals surface area contributed by atoms with Gasteiger partial charge >= 0.3 is 0 Å². The SMILES string of the molecule is Cc1ccc2c(C(=O)CCN)cn(C)c2c1. The van der Waals surface area contributed by atoms with Gasteiger partial charge in [0.05, 0.1) is 0 Å². The number of aryl methyl sites for hydroxylation is 2. The van der Waals surface area contributed by atoms with Crippen LogP contribution in [0.5, 0.6) is 0 Å². The lowest BCUT2D eigenvalue weighted by Crippen LogP contribution is -2.07. The summed E-state index contributed by atoms with van der Waals surface area (Å²) in [7, 11) is 1.96. The summed E-state index contributed by atoms with van der Waals surface area (Å²) >= 11 is 0. The molecule has 16 heavy (non-hydrogen) atoms. The first-order valence-electron chi connectivity index (χ1n) is 5.42. The van der Waals surface area contributed by atoms with Gasteiger partial charge in [-0.1, -0.05) is 12.1 Å². The van der Waals surface area contributed by atoms with E-state index < -0.39 is 0 Å². The molecule has 0 spiro atoms. The molecule has 2 rings (SSSR count). The Labute approximate surface area is 94.9 Å². The predicted molar refractivity (Wildman–Crippen MR) is 65.7 cm³/mol. The average molecular weight is 216 g/mol. The molecule has 0 aliphatic carbocycles. The van der Waals surface area contributed by atoms with E-state index in [9.17, 15) is 4.79 Å². The lowest BCUT2D eigenvalue weighted by Gasteiger charge is -1.98. The fourth-order valence-electron chi connectivity index (χ4n) is 1.98. The average Bonchev–Trinajstić information content (AvgIpc) is 2.56. The zero-order valence-corrected chi connectivity index (χ0v) is 9.66. The second-order valence-electron chi connectivity index (χ2n) is 4.14. The molecule has 1 heterocycles. The van der Waals surface area contributed by atoms with Crippen LogP contribution in [-0.2, 0) is 7.05 Å². The summed E-state index contributed by atoms with van der Waals surface area (Å²) in [6, 6.07) is 6.13. The molecular formula is C13H16N2O. The van der Waals surface area contributed by atoms with Crippen LogP contribution in [0.2, 0.25) is 0 Å². The van der Waals surface area contributed by atoms with Crippen molar-refractivity contribution in [2.75, 3.05) is 6.54 Å². The number of fused-ring (bicyclic) bond motifs is 1. The quantitative estimate of drug-likeness (QED) is 0.798. The molecule has 0 atom stereocenters. The second-order valence-corrected chi connectivity index (χ2v) is 4.14. The van der Waals surface area contributed by atoms with Crippen molar-refractivity contribution in [1.29, 1.82) is 0 Å². The predicted octanol–water partition coefficient (Wildman–Crippen LogP) is 2.02. The molecule has 2 aromatic rings. The van der Waals surface area contributed by atoms with Crippen LogP contribution in [0.3, 0.4) is 0 Å². The third kappa shape index (κ3) is 1.74. The van der Waals surface area contributed by atoms with Crippen LogP contribution in [0.25, 0.3) is 10.9 Å². The van der Waals surface area contributed by atoms with Gasteiger partial charge in [0, 0.05) is 36.1 Å². The van der Waals surface area contributed by atoms with E-state index in [4.69, 9.17) is 5.73 Å². The van der Waals surface area contributed by atoms with Gasteiger partial charge in [0.2, 0.25) is 0 Å². The Kier molecular flexibility index (Phi) is 2.79. The molecule has 0 saturated carbocycles. The summed E-state index contributed by atoms with van der Waals surface area (Å²) in [5, 5.41) is 1.02. The minimum Gasteiger partial charge on any atom is -0.350 e. The highest BCUT2D eigenvalue weighted by molar-refractivity contribution is 6.08. The van der Waals surface area contributed by atoms with Gasteiger partial charge in [-0.3, -0.25) is 4.79 Å². The lowest BCUT2D eigenvalue weighted by molar-refractivity contribution is 0.0987. The number of nitrogens with two attached hydrogens (primary N) is 1. The number of aromatic nitrogens is 1. The molecule has 84 valence electrons. The first-order chi connectivity index (χ1) is 7.63. The highest BCUT2D eigenvalue weighted by Crippen LogP contribution is 2.22. The summed E-state index contributed by atoms with van der Waals surface area (Å²) in [4.78, 5) is 11.9. The third-order valence-corrected chi connectivity index (χ3v) is 2.82. The molecule has 0 amide bonds. The zero-order valence-electron chi connectivity index (χ0n) is 9.66. The number of rotatable bonds is 3. The number of carbonyl (C=O) groups excluding carboxylic acids is 1. The highest BCUT2D eigenvalue weighted by Gasteiger charge is 2.12. The Bertz CT molecular complexity index is 540. The Morgan fingerprint density at radius 1 is 1.44 bits per heavy atom. The molecule has 0 aliphatic rings. The molecule has 1 aromatic carbocycles. The van der Waals surface area contributed by atoms with Crippen LogP contribution in [0, 0.1) is 6.92 Å². The molecule has 0 radical (unpaired) electrons. The van der Waals surface area contributed by atoms with Crippen molar-refractivity contribution in [2.24, 2.45) is 12.8 Å². The minimum atomic E-state index is 0.122. The van der Waals surface area contributed by atoms with Gasteiger partial charge < -0.3 is 10.3 Å². The summed E-state index contributed by atoms with van der Waals surface area (Å²) < 4.78 is 1.99. The van der Waals surface area contributed by atoms with Gasteiger partial charge in [-0.15, -0.1) is 0 Å². The van der Waals surface area contributed by atoms with E-state index in [1.54, 1.807) is 0 Å². The summed E-state index contributed by atoms with van der Waals surface area (Å²) in [6.07, 6.45) is 2.30. The molecule has 2 N–H and O–H groups in total. The Balaban J connectivity index is 2.59. The van der Waals surface area contributed by atoms with E-state index >= 15 is 0 Å². The first-order valence-corrected chi connectivity index (χ1v) is 5.42. The molecule has 0 aliphatic heterocycles. The number of benzene rings is 1. The van der Waals surface area contributed by atoms with E-state index in [1.165, 1.54) is 5.56 Å². The van der Waals surface area contributed by atoms with Crippen LogP contribution in [0.1, 0.15) is 22.3 Å². The normalized spacial score (nSPS) is 10.9. The van der Waals surface area contributed by atoms with Crippen molar-refractivity contribution >= 4 is 16.7 Å². The van der Waals surface area contributed by atoms with E-state index in [-0.39, 0.29) is 5.78 Å². The van der Waals surface area contributed by atoms with Crippen LogP contribution in [0.15, 0.2) is 24.4 Å². The van der Waals surface area contributed by atoms with Gasteiger partial charge in [0.25, 0.3) is 0 Å². The van der Waals surface area contributed by atoms with Crippen molar-refractivity contribution in [3.8, 4) is 0 Å². The summed E-state index contributed by atoms with van der Waals surface area (Å²) in [6.45, 7) is 2.45. The number of hydrogen-bond acceptors (Lipinski definition) is 2. The summed E-state index contributed by atoms with van der Waals surface area (Å²) in [5.41, 5.74) is 8.49. The molecule has 0 unspecified atom stereocenters. The molecule has 3 heteroatoms. The van der Waals surface area contributed by atoms with Gasteiger partial charge in [0.1, 0.15) is 0 Å². The highest BCUT2D eigenvalue weighted by atomic mass is 16.1. The maximum Gasteiger partial charge on any atom is 0.166 e. The minimum absolute atomic E-state index is 0.122. The van der Waals surface area contributed by atoms with Crippen molar-refractivity contribution in [3.05, 3.63) is 35.5 Å². The van der Waals surface area contributed by atoms with Crippen LogP contribution >= 0.6 is 0 Å². The summed E-state index contributed by atoms with van der Waals surface area (Å²) in [5.74, 6) is 0.122. The van der Waals surface area contributed by atoms with Crippen molar-refractivity contribution in [2.45, 2.75) is 13.3 Å². The topological polar surface area (TPSA) is 48.0 Å². The lowest BCUT2D eigenvalue weighted by atomic mass is 10.1. The van der Waals surface area contributed by atoms with Crippen molar-refractivity contribution in [3.63, 3.8) is 0 Å². The van der Waals surface area contributed by atoms with Crippen molar-refractivity contribution < 1.29 is 4.79 Å². The number of carbonyl (C=O) groups is 1. The largest absolute Gasteiger partial charge is 0.350 e. The molecule has 1 aromatic heterocycles. The van der Waals surface area contributed by atoms with E-state index in [0.717, 1.165) is 16.5 Å². The van der Waals surface area contributed by atoms with E-state index in [1.807, 2.05) is 36.9 Å². The smallest absolute Gasteiger partial charge is 0.166 e.